The fraction of sp³-hybridized carbons (Fsp3) is 0. The van der Waals surface area contributed by atoms with Crippen molar-refractivity contribution in [1.29, 1.82) is 0 Å². The summed E-state index contributed by atoms with van der Waals surface area (Å²) < 4.78 is 7.24. The molecule has 0 saturated carbocycles. The molecule has 5 heterocycles. The molecule has 4 nitrogen and oxygen atoms in total. The maximum atomic E-state index is 4.47. The van der Waals surface area contributed by atoms with Crippen LogP contribution in [0.5, 0.6) is 0 Å². The van der Waals surface area contributed by atoms with Gasteiger partial charge in [-0.2, -0.15) is 0 Å². The average Bonchev–Trinajstić information content (AvgIpc) is 3.82. The van der Waals surface area contributed by atoms with Crippen LogP contribution in [0.1, 0.15) is 0 Å². The number of hydrogen-bond donors (Lipinski definition) is 0. The largest absolute Gasteiger partial charge is 0.309 e. The van der Waals surface area contributed by atoms with E-state index in [0.717, 1.165) is 16.9 Å². The first-order valence-corrected chi connectivity index (χ1v) is 15.4. The fourth-order valence-corrected chi connectivity index (χ4v) is 8.09. The van der Waals surface area contributed by atoms with E-state index in [-0.39, 0.29) is 0 Å². The van der Waals surface area contributed by atoms with E-state index >= 15 is 0 Å². The molecular formula is C41H24N4. The van der Waals surface area contributed by atoms with Crippen LogP contribution in [0.4, 0.5) is 0 Å². The molecule has 0 spiro atoms. The van der Waals surface area contributed by atoms with Gasteiger partial charge in [0.05, 0.1) is 44.8 Å². The molecule has 0 fully saturated rings. The molecule has 0 N–H and O–H groups in total. The lowest BCUT2D eigenvalue weighted by Gasteiger charge is -2.12. The van der Waals surface area contributed by atoms with E-state index in [1.54, 1.807) is 0 Å². The van der Waals surface area contributed by atoms with Crippen molar-refractivity contribution in [3.05, 3.63) is 146 Å². The van der Waals surface area contributed by atoms with E-state index < -0.39 is 0 Å². The number of hydrogen-bond acceptors (Lipinski definition) is 1. The number of rotatable bonds is 2. The second kappa shape index (κ2) is 8.28. The molecule has 0 saturated heterocycles. The number of aromatic nitrogens is 4. The molecule has 11 rings (SSSR count). The lowest BCUT2D eigenvalue weighted by atomic mass is 10.0. The third kappa shape index (κ3) is 2.84. The van der Waals surface area contributed by atoms with Crippen molar-refractivity contribution < 1.29 is 0 Å². The van der Waals surface area contributed by atoms with E-state index in [9.17, 15) is 0 Å². The van der Waals surface area contributed by atoms with Crippen molar-refractivity contribution in [2.24, 2.45) is 0 Å². The first-order chi connectivity index (χ1) is 22.4. The Hall–Kier alpha value is -6.13. The summed E-state index contributed by atoms with van der Waals surface area (Å²) in [6.45, 7) is 0. The molecule has 0 unspecified atom stereocenters. The molecule has 45 heavy (non-hydrogen) atoms. The molecule has 0 radical (unpaired) electrons. The van der Waals surface area contributed by atoms with Crippen molar-refractivity contribution in [1.82, 2.24) is 18.5 Å². The van der Waals surface area contributed by atoms with Crippen LogP contribution in [0.15, 0.2) is 146 Å². The minimum Gasteiger partial charge on any atom is -0.309 e. The van der Waals surface area contributed by atoms with Gasteiger partial charge in [0.15, 0.2) is 0 Å². The molecule has 5 aromatic heterocycles. The molecular weight excluding hydrogens is 548 g/mol. The Morgan fingerprint density at radius 3 is 1.56 bits per heavy atom. The summed E-state index contributed by atoms with van der Waals surface area (Å²) in [6, 6.07) is 48.7. The van der Waals surface area contributed by atoms with E-state index in [1.807, 2.05) is 12.4 Å². The summed E-state index contributed by atoms with van der Waals surface area (Å²) >= 11 is 0. The highest BCUT2D eigenvalue weighted by atomic mass is 15.0. The second-order valence-electron chi connectivity index (χ2n) is 12.0. The highest BCUT2D eigenvalue weighted by Gasteiger charge is 2.23. The Morgan fingerprint density at radius 1 is 0.378 bits per heavy atom. The topological polar surface area (TPSA) is 27.2 Å². The van der Waals surface area contributed by atoms with Gasteiger partial charge in [0.2, 0.25) is 0 Å². The maximum Gasteiger partial charge on any atom is 0.0724 e. The summed E-state index contributed by atoms with van der Waals surface area (Å²) in [6.07, 6.45) is 3.85. The third-order valence-electron chi connectivity index (χ3n) is 9.85. The van der Waals surface area contributed by atoms with E-state index in [2.05, 4.69) is 152 Å². The smallest absolute Gasteiger partial charge is 0.0724 e. The number of nitrogens with zero attached hydrogens (tertiary/aromatic N) is 4. The highest BCUT2D eigenvalue weighted by molar-refractivity contribution is 6.35. The van der Waals surface area contributed by atoms with Gasteiger partial charge in [-0.05, 0) is 60.7 Å². The highest BCUT2D eigenvalue weighted by Crippen LogP contribution is 2.46. The average molecular weight is 573 g/mol. The van der Waals surface area contributed by atoms with E-state index in [0.29, 0.717) is 0 Å². The molecule has 4 heteroatoms. The molecule has 0 aliphatic rings. The Labute approximate surface area is 256 Å². The summed E-state index contributed by atoms with van der Waals surface area (Å²) in [5, 5.41) is 10.3. The zero-order valence-corrected chi connectivity index (χ0v) is 24.1. The molecule has 11 aromatic rings. The predicted molar refractivity (Wildman–Crippen MR) is 188 cm³/mol. The van der Waals surface area contributed by atoms with Crippen LogP contribution in [0, 0.1) is 0 Å². The lowest BCUT2D eigenvalue weighted by Crippen LogP contribution is -1.97. The van der Waals surface area contributed by atoms with Gasteiger partial charge in [-0.1, -0.05) is 72.8 Å². The molecule has 0 atom stereocenters. The van der Waals surface area contributed by atoms with Gasteiger partial charge in [-0.3, -0.25) is 4.98 Å². The third-order valence-corrected chi connectivity index (χ3v) is 9.85. The molecule has 0 bridgehead atoms. The van der Waals surface area contributed by atoms with Crippen molar-refractivity contribution in [3.63, 3.8) is 0 Å². The maximum absolute atomic E-state index is 4.47. The van der Waals surface area contributed by atoms with Crippen LogP contribution in [-0.4, -0.2) is 18.5 Å². The first-order valence-electron chi connectivity index (χ1n) is 15.4. The fourth-order valence-electron chi connectivity index (χ4n) is 8.09. The second-order valence-corrected chi connectivity index (χ2v) is 12.0. The molecule has 208 valence electrons. The minimum atomic E-state index is 1.11. The van der Waals surface area contributed by atoms with Gasteiger partial charge in [0.1, 0.15) is 0 Å². The van der Waals surface area contributed by atoms with E-state index in [1.165, 1.54) is 76.2 Å². The Morgan fingerprint density at radius 2 is 0.867 bits per heavy atom. The van der Waals surface area contributed by atoms with Crippen molar-refractivity contribution in [2.45, 2.75) is 0 Å². The first kappa shape index (κ1) is 23.3. The zero-order chi connectivity index (χ0) is 29.2. The standard InChI is InChI=1S/C41H24N4/c1-5-13-33-27(9-1)29-21-22-42-24-38(29)44(33)26-19-17-25(18-20-26)43-35-15-7-3-11-30(35)39-37(43)23-32-28-10-2-6-14-34(28)45-36-16-8-4-12-31(36)40(39)41(32)45/h1-24H. The van der Waals surface area contributed by atoms with Crippen LogP contribution >= 0.6 is 0 Å². The van der Waals surface area contributed by atoms with Crippen LogP contribution in [-0.2, 0) is 0 Å². The quantitative estimate of drug-likeness (QED) is 0.202. The summed E-state index contributed by atoms with van der Waals surface area (Å²) in [7, 11) is 0. The Bertz CT molecular complexity index is 2920. The molecule has 6 aromatic carbocycles. The van der Waals surface area contributed by atoms with Crippen molar-refractivity contribution >= 4 is 81.7 Å². The van der Waals surface area contributed by atoms with Gasteiger partial charge in [0.25, 0.3) is 0 Å². The van der Waals surface area contributed by atoms with Crippen LogP contribution in [0.25, 0.3) is 93.1 Å². The van der Waals surface area contributed by atoms with Gasteiger partial charge in [-0.25, -0.2) is 0 Å². The Balaban J connectivity index is 1.24. The molecule has 0 amide bonds. The summed E-state index contributed by atoms with van der Waals surface area (Å²) in [5.41, 5.74) is 10.8. The minimum absolute atomic E-state index is 1.11. The normalized spacial score (nSPS) is 12.4. The summed E-state index contributed by atoms with van der Waals surface area (Å²) in [4.78, 5) is 4.47. The van der Waals surface area contributed by atoms with Gasteiger partial charge >= 0.3 is 0 Å². The SMILES string of the molecule is c1ccc2c(c1)c1ccncc1n2-c1ccc(-n2c3ccccc3c3c4c5ccccc5n5c6ccccc6c(cc32)c45)cc1. The number of para-hydroxylation sites is 4. The zero-order valence-electron chi connectivity index (χ0n) is 24.1. The lowest BCUT2D eigenvalue weighted by molar-refractivity contribution is 1.14. The van der Waals surface area contributed by atoms with Crippen LogP contribution in [0.2, 0.25) is 0 Å². The van der Waals surface area contributed by atoms with Gasteiger partial charge in [-0.15, -0.1) is 0 Å². The monoisotopic (exact) mass is 572 g/mol. The van der Waals surface area contributed by atoms with Crippen molar-refractivity contribution in [2.75, 3.05) is 0 Å². The van der Waals surface area contributed by atoms with Gasteiger partial charge < -0.3 is 13.5 Å². The number of fused-ring (bicyclic) bond motifs is 13. The summed E-state index contributed by atoms with van der Waals surface area (Å²) in [5.74, 6) is 0. The number of pyridine rings is 1. The van der Waals surface area contributed by atoms with Crippen molar-refractivity contribution in [3.8, 4) is 11.4 Å². The van der Waals surface area contributed by atoms with E-state index in [4.69, 9.17) is 0 Å². The molecule has 0 aliphatic carbocycles. The van der Waals surface area contributed by atoms with Crippen LogP contribution in [0.3, 0.4) is 0 Å². The van der Waals surface area contributed by atoms with Crippen LogP contribution < -0.4 is 0 Å². The molecule has 0 aliphatic heterocycles. The Kier molecular flexibility index (Phi) is 4.29. The predicted octanol–water partition coefficient (Wildman–Crippen LogP) is 10.4. The number of benzene rings is 6. The van der Waals surface area contributed by atoms with Gasteiger partial charge in [0, 0.05) is 60.7 Å².